The quantitative estimate of drug-likeness (QED) is 0.724. The van der Waals surface area contributed by atoms with Crippen LogP contribution in [-0.2, 0) is 0 Å². The molecule has 4 nitrogen and oxygen atoms in total. The molecule has 0 aliphatic carbocycles. The first-order valence-corrected chi connectivity index (χ1v) is 6.23. The molecule has 1 aliphatic heterocycles. The van der Waals surface area contributed by atoms with E-state index in [1.54, 1.807) is 0 Å². The number of hydrogen-bond acceptors (Lipinski definition) is 3. The zero-order valence-corrected chi connectivity index (χ0v) is 10.2. The van der Waals surface area contributed by atoms with Crippen LogP contribution >= 0.6 is 0 Å². The van der Waals surface area contributed by atoms with E-state index >= 15 is 0 Å². The normalized spacial score (nSPS) is 17.6. The van der Waals surface area contributed by atoms with Gasteiger partial charge in [0.25, 0.3) is 0 Å². The highest BCUT2D eigenvalue weighted by molar-refractivity contribution is 5.74. The summed E-state index contributed by atoms with van der Waals surface area (Å²) in [6.07, 6.45) is -0.192. The Morgan fingerprint density at radius 3 is 2.68 bits per heavy atom. The van der Waals surface area contributed by atoms with E-state index in [0.29, 0.717) is 6.61 Å². The first-order chi connectivity index (χ1) is 9.40. The molecule has 0 amide bonds. The molecule has 0 radical (unpaired) electrons. The van der Waals surface area contributed by atoms with E-state index in [-0.39, 0.29) is 6.10 Å². The molecule has 1 atom stereocenters. The van der Waals surface area contributed by atoms with Crippen molar-refractivity contribution < 1.29 is 9.47 Å². The van der Waals surface area contributed by atoms with Crippen LogP contribution in [0.3, 0.4) is 0 Å². The minimum Gasteiger partial charge on any atom is -0.485 e. The number of para-hydroxylation sites is 4. The van der Waals surface area contributed by atoms with E-state index in [1.807, 2.05) is 48.5 Å². The zero-order valence-electron chi connectivity index (χ0n) is 10.2. The van der Waals surface area contributed by atoms with Crippen molar-refractivity contribution in [1.29, 1.82) is 0 Å². The monoisotopic (exact) mass is 252 g/mol. The fourth-order valence-electron chi connectivity index (χ4n) is 2.28. The molecule has 3 aromatic rings. The van der Waals surface area contributed by atoms with Gasteiger partial charge in [-0.05, 0) is 24.3 Å². The van der Waals surface area contributed by atoms with Crippen LogP contribution in [0, 0.1) is 0 Å². The predicted octanol–water partition coefficient (Wildman–Crippen LogP) is 3.08. The number of rotatable bonds is 1. The van der Waals surface area contributed by atoms with Crippen molar-refractivity contribution in [1.82, 2.24) is 9.97 Å². The van der Waals surface area contributed by atoms with Gasteiger partial charge >= 0.3 is 0 Å². The summed E-state index contributed by atoms with van der Waals surface area (Å²) in [7, 11) is 0. The van der Waals surface area contributed by atoms with Gasteiger partial charge in [0.1, 0.15) is 6.61 Å². The van der Waals surface area contributed by atoms with E-state index in [4.69, 9.17) is 9.47 Å². The average Bonchev–Trinajstić information content (AvgIpc) is 2.90. The van der Waals surface area contributed by atoms with Gasteiger partial charge in [0.15, 0.2) is 23.4 Å². The molecule has 0 spiro atoms. The molecule has 0 saturated heterocycles. The standard InChI is InChI=1S/C15H12N2O2/c1-2-6-11-10(5-1)16-15(17-11)14-9-18-12-7-3-4-8-13(12)19-14/h1-8,14H,9H2,(H,16,17). The Morgan fingerprint density at radius 2 is 1.79 bits per heavy atom. The third kappa shape index (κ3) is 1.73. The molecule has 0 saturated carbocycles. The first kappa shape index (κ1) is 10.4. The minimum atomic E-state index is -0.192. The summed E-state index contributed by atoms with van der Waals surface area (Å²) in [5.74, 6) is 2.35. The van der Waals surface area contributed by atoms with Crippen LogP contribution in [0.2, 0.25) is 0 Å². The van der Waals surface area contributed by atoms with Gasteiger partial charge in [-0.3, -0.25) is 0 Å². The van der Waals surface area contributed by atoms with E-state index in [0.717, 1.165) is 28.4 Å². The van der Waals surface area contributed by atoms with Crippen LogP contribution < -0.4 is 9.47 Å². The van der Waals surface area contributed by atoms with Gasteiger partial charge in [-0.15, -0.1) is 0 Å². The van der Waals surface area contributed by atoms with Gasteiger partial charge < -0.3 is 14.5 Å². The van der Waals surface area contributed by atoms with Crippen LogP contribution in [0.25, 0.3) is 11.0 Å². The Bertz CT molecular complexity index is 703. The van der Waals surface area contributed by atoms with Gasteiger partial charge in [-0.25, -0.2) is 4.98 Å². The van der Waals surface area contributed by atoms with E-state index in [2.05, 4.69) is 9.97 Å². The second kappa shape index (κ2) is 4.02. The lowest BCUT2D eigenvalue weighted by molar-refractivity contribution is 0.0859. The van der Waals surface area contributed by atoms with Gasteiger partial charge in [-0.1, -0.05) is 24.3 Å². The van der Waals surface area contributed by atoms with E-state index in [1.165, 1.54) is 0 Å². The van der Waals surface area contributed by atoms with Crippen LogP contribution in [0.4, 0.5) is 0 Å². The molecule has 1 N–H and O–H groups in total. The number of aromatic nitrogens is 2. The molecule has 1 aromatic heterocycles. The number of nitrogens with one attached hydrogen (secondary N) is 1. The molecule has 19 heavy (non-hydrogen) atoms. The summed E-state index contributed by atoms with van der Waals surface area (Å²) in [4.78, 5) is 7.83. The van der Waals surface area contributed by atoms with Crippen molar-refractivity contribution in [2.75, 3.05) is 6.61 Å². The maximum Gasteiger partial charge on any atom is 0.190 e. The fraction of sp³-hybridized carbons (Fsp3) is 0.133. The third-order valence-electron chi connectivity index (χ3n) is 3.22. The maximum absolute atomic E-state index is 5.93. The van der Waals surface area contributed by atoms with Gasteiger partial charge in [-0.2, -0.15) is 0 Å². The molecular formula is C15H12N2O2. The minimum absolute atomic E-state index is 0.192. The van der Waals surface area contributed by atoms with Gasteiger partial charge in [0.05, 0.1) is 11.0 Å². The molecule has 2 heterocycles. The summed E-state index contributed by atoms with van der Waals surface area (Å²) >= 11 is 0. The Labute approximate surface area is 110 Å². The molecular weight excluding hydrogens is 240 g/mol. The Morgan fingerprint density at radius 1 is 1.00 bits per heavy atom. The highest BCUT2D eigenvalue weighted by Gasteiger charge is 2.24. The molecule has 2 aromatic carbocycles. The van der Waals surface area contributed by atoms with E-state index in [9.17, 15) is 0 Å². The summed E-state index contributed by atoms with van der Waals surface area (Å²) in [5.41, 5.74) is 1.96. The number of ether oxygens (including phenoxy) is 2. The third-order valence-corrected chi connectivity index (χ3v) is 3.22. The SMILES string of the molecule is c1ccc2c(c1)OCC(c1nc3ccccc3[nH]1)O2. The largest absolute Gasteiger partial charge is 0.485 e. The van der Waals surface area contributed by atoms with Crippen LogP contribution in [0.15, 0.2) is 48.5 Å². The highest BCUT2D eigenvalue weighted by atomic mass is 16.6. The summed E-state index contributed by atoms with van der Waals surface area (Å²) in [6.45, 7) is 0.469. The maximum atomic E-state index is 5.93. The van der Waals surface area contributed by atoms with Crippen LogP contribution in [0.5, 0.6) is 11.5 Å². The molecule has 1 unspecified atom stereocenters. The smallest absolute Gasteiger partial charge is 0.190 e. The lowest BCUT2D eigenvalue weighted by atomic mass is 10.2. The molecule has 0 bridgehead atoms. The number of nitrogens with zero attached hydrogens (tertiary/aromatic N) is 1. The number of hydrogen-bond donors (Lipinski definition) is 1. The number of fused-ring (bicyclic) bond motifs is 2. The van der Waals surface area contributed by atoms with E-state index < -0.39 is 0 Å². The predicted molar refractivity (Wildman–Crippen MR) is 71.4 cm³/mol. The summed E-state index contributed by atoms with van der Waals surface area (Å²) < 4.78 is 11.6. The zero-order chi connectivity index (χ0) is 12.7. The second-order valence-electron chi connectivity index (χ2n) is 4.50. The second-order valence-corrected chi connectivity index (χ2v) is 4.50. The average molecular weight is 252 g/mol. The lowest BCUT2D eigenvalue weighted by Gasteiger charge is -2.24. The Hall–Kier alpha value is -2.49. The Balaban J connectivity index is 1.70. The van der Waals surface area contributed by atoms with Crippen LogP contribution in [0.1, 0.15) is 11.9 Å². The summed E-state index contributed by atoms with van der Waals surface area (Å²) in [5, 5.41) is 0. The van der Waals surface area contributed by atoms with Crippen molar-refractivity contribution >= 4 is 11.0 Å². The molecule has 94 valence electrons. The lowest BCUT2D eigenvalue weighted by Crippen LogP contribution is -2.22. The van der Waals surface area contributed by atoms with Gasteiger partial charge in [0, 0.05) is 0 Å². The topological polar surface area (TPSA) is 47.1 Å². The van der Waals surface area contributed by atoms with Crippen molar-refractivity contribution in [2.24, 2.45) is 0 Å². The van der Waals surface area contributed by atoms with Gasteiger partial charge in [0.2, 0.25) is 0 Å². The van der Waals surface area contributed by atoms with Crippen molar-refractivity contribution in [3.05, 3.63) is 54.4 Å². The van der Waals surface area contributed by atoms with Crippen molar-refractivity contribution in [3.63, 3.8) is 0 Å². The number of benzene rings is 2. The highest BCUT2D eigenvalue weighted by Crippen LogP contribution is 2.35. The summed E-state index contributed by atoms with van der Waals surface area (Å²) in [6, 6.07) is 15.6. The number of aromatic amines is 1. The molecule has 1 aliphatic rings. The van der Waals surface area contributed by atoms with Crippen molar-refractivity contribution in [3.8, 4) is 11.5 Å². The number of imidazole rings is 1. The fourth-order valence-corrected chi connectivity index (χ4v) is 2.28. The molecule has 4 rings (SSSR count). The van der Waals surface area contributed by atoms with Crippen LogP contribution in [-0.4, -0.2) is 16.6 Å². The first-order valence-electron chi connectivity index (χ1n) is 6.23. The number of H-pyrrole nitrogens is 1. The molecule has 0 fully saturated rings. The molecule has 4 heteroatoms. The Kier molecular flexibility index (Phi) is 2.21. The van der Waals surface area contributed by atoms with Crippen molar-refractivity contribution in [2.45, 2.75) is 6.10 Å².